The molecule has 0 fully saturated rings. The zero-order valence-electron chi connectivity index (χ0n) is 15.6. The Balaban J connectivity index is 2.11. The number of carboxylic acid groups (broad SMARTS) is 1. The highest BCUT2D eigenvalue weighted by Crippen LogP contribution is 2.32. The van der Waals surface area contributed by atoms with Crippen LogP contribution in [0, 0.1) is 0 Å². The number of fused-ring (bicyclic) bond motifs is 1. The van der Waals surface area contributed by atoms with E-state index in [1.165, 1.54) is 18.3 Å². The molecule has 7 nitrogen and oxygen atoms in total. The van der Waals surface area contributed by atoms with Crippen molar-refractivity contribution in [2.75, 3.05) is 18.5 Å². The van der Waals surface area contributed by atoms with Gasteiger partial charge in [-0.2, -0.15) is 0 Å². The van der Waals surface area contributed by atoms with Crippen molar-refractivity contribution in [1.82, 2.24) is 4.98 Å². The molecule has 2 N–H and O–H groups in total. The van der Waals surface area contributed by atoms with Crippen LogP contribution in [-0.4, -0.2) is 35.2 Å². The number of nitrogens with one attached hydrogen (secondary N) is 1. The van der Waals surface area contributed by atoms with Crippen LogP contribution >= 0.6 is 0 Å². The van der Waals surface area contributed by atoms with Gasteiger partial charge in [-0.05, 0) is 56.3 Å². The molecule has 0 amide bonds. The molecule has 0 radical (unpaired) electrons. The van der Waals surface area contributed by atoms with Crippen LogP contribution in [-0.2, 0) is 4.74 Å². The van der Waals surface area contributed by atoms with Gasteiger partial charge in [0.15, 0.2) is 0 Å². The molecule has 0 atom stereocenters. The van der Waals surface area contributed by atoms with Crippen LogP contribution in [0.1, 0.15) is 34.6 Å². The topological polar surface area (TPSA) is 97.8 Å². The molecule has 2 aromatic carbocycles. The summed E-state index contributed by atoms with van der Waals surface area (Å²) in [5, 5.41) is 13.0. The van der Waals surface area contributed by atoms with Crippen LogP contribution < -0.4 is 10.1 Å². The first-order valence-electron chi connectivity index (χ1n) is 8.86. The van der Waals surface area contributed by atoms with Crippen molar-refractivity contribution in [3.05, 3.63) is 59.8 Å². The van der Waals surface area contributed by atoms with E-state index >= 15 is 0 Å². The van der Waals surface area contributed by atoms with Crippen LogP contribution in [0.2, 0.25) is 0 Å². The Morgan fingerprint density at radius 1 is 1.07 bits per heavy atom. The van der Waals surface area contributed by atoms with Crippen molar-refractivity contribution in [1.29, 1.82) is 0 Å². The number of nitrogens with zero attached hydrogens (tertiary/aromatic N) is 1. The van der Waals surface area contributed by atoms with E-state index in [4.69, 9.17) is 14.6 Å². The van der Waals surface area contributed by atoms with Gasteiger partial charge in [-0.15, -0.1) is 0 Å². The molecular weight excluding hydrogens is 360 g/mol. The SMILES string of the molecule is CCOC(=O)c1cnc2ccc(OCC)cc2c1Nc1ccc(C(=O)O)cc1. The van der Waals surface area contributed by atoms with Gasteiger partial charge in [0.05, 0.1) is 30.0 Å². The Morgan fingerprint density at radius 2 is 1.82 bits per heavy atom. The zero-order chi connectivity index (χ0) is 20.1. The second kappa shape index (κ2) is 8.39. The van der Waals surface area contributed by atoms with E-state index in [2.05, 4.69) is 10.3 Å². The van der Waals surface area contributed by atoms with Crippen molar-refractivity contribution in [2.45, 2.75) is 13.8 Å². The minimum absolute atomic E-state index is 0.175. The van der Waals surface area contributed by atoms with Crippen molar-refractivity contribution >= 4 is 34.2 Å². The summed E-state index contributed by atoms with van der Waals surface area (Å²) in [6.45, 7) is 4.37. The third-order valence-corrected chi connectivity index (χ3v) is 4.05. The monoisotopic (exact) mass is 380 g/mol. The van der Waals surface area contributed by atoms with Gasteiger partial charge in [0.25, 0.3) is 0 Å². The Bertz CT molecular complexity index is 1020. The van der Waals surface area contributed by atoms with E-state index in [1.54, 1.807) is 19.1 Å². The summed E-state index contributed by atoms with van der Waals surface area (Å²) < 4.78 is 10.7. The average molecular weight is 380 g/mol. The lowest BCUT2D eigenvalue weighted by Gasteiger charge is -2.15. The second-order valence-electron chi connectivity index (χ2n) is 5.89. The Morgan fingerprint density at radius 3 is 2.46 bits per heavy atom. The fourth-order valence-electron chi connectivity index (χ4n) is 2.77. The first-order chi connectivity index (χ1) is 13.5. The number of esters is 1. The van der Waals surface area contributed by atoms with Crippen molar-refractivity contribution < 1.29 is 24.2 Å². The Kier molecular flexibility index (Phi) is 5.74. The van der Waals surface area contributed by atoms with Gasteiger partial charge in [0.1, 0.15) is 11.3 Å². The van der Waals surface area contributed by atoms with Gasteiger partial charge in [-0.3, -0.25) is 4.98 Å². The van der Waals surface area contributed by atoms with E-state index in [0.717, 1.165) is 0 Å². The van der Waals surface area contributed by atoms with Gasteiger partial charge < -0.3 is 19.9 Å². The van der Waals surface area contributed by atoms with E-state index < -0.39 is 11.9 Å². The number of pyridine rings is 1. The van der Waals surface area contributed by atoms with Crippen LogP contribution in [0.25, 0.3) is 10.9 Å². The van der Waals surface area contributed by atoms with Crippen molar-refractivity contribution in [3.63, 3.8) is 0 Å². The van der Waals surface area contributed by atoms with Gasteiger partial charge in [0, 0.05) is 17.3 Å². The summed E-state index contributed by atoms with van der Waals surface area (Å²) in [5.74, 6) is -0.847. The van der Waals surface area contributed by atoms with Crippen LogP contribution in [0.15, 0.2) is 48.7 Å². The molecule has 3 aromatic rings. The third-order valence-electron chi connectivity index (χ3n) is 4.05. The zero-order valence-corrected chi connectivity index (χ0v) is 15.6. The average Bonchev–Trinajstić information content (AvgIpc) is 2.69. The minimum atomic E-state index is -1.01. The molecule has 0 aliphatic carbocycles. The normalized spacial score (nSPS) is 10.5. The van der Waals surface area contributed by atoms with E-state index in [9.17, 15) is 9.59 Å². The maximum absolute atomic E-state index is 12.4. The summed E-state index contributed by atoms with van der Waals surface area (Å²) in [4.78, 5) is 27.8. The van der Waals surface area contributed by atoms with E-state index in [1.807, 2.05) is 25.1 Å². The number of benzene rings is 2. The molecule has 0 aliphatic rings. The number of carbonyl (C=O) groups is 2. The Hall–Kier alpha value is -3.61. The Labute approximate surface area is 161 Å². The summed E-state index contributed by atoms with van der Waals surface area (Å²) >= 11 is 0. The number of hydrogen-bond donors (Lipinski definition) is 2. The number of rotatable bonds is 7. The summed E-state index contributed by atoms with van der Waals surface area (Å²) in [7, 11) is 0. The van der Waals surface area contributed by atoms with Crippen LogP contribution in [0.3, 0.4) is 0 Å². The maximum atomic E-state index is 12.4. The highest BCUT2D eigenvalue weighted by Gasteiger charge is 2.18. The molecule has 1 heterocycles. The number of aromatic carboxylic acids is 1. The highest BCUT2D eigenvalue weighted by molar-refractivity contribution is 6.06. The molecule has 1 aromatic heterocycles. The minimum Gasteiger partial charge on any atom is -0.494 e. The predicted octanol–water partition coefficient (Wildman–Crippen LogP) is 4.25. The standard InChI is InChI=1S/C21H20N2O5/c1-3-27-15-9-10-18-16(11-15)19(17(12-22-18)21(26)28-4-2)23-14-7-5-13(6-8-14)20(24)25/h5-12H,3-4H2,1-2H3,(H,22,23)(H,24,25). The molecule has 28 heavy (non-hydrogen) atoms. The summed E-state index contributed by atoms with van der Waals surface area (Å²) in [6.07, 6.45) is 1.47. The van der Waals surface area contributed by atoms with Gasteiger partial charge >= 0.3 is 11.9 Å². The van der Waals surface area contributed by atoms with Gasteiger partial charge in [-0.25, -0.2) is 9.59 Å². The number of ether oxygens (including phenoxy) is 2. The van der Waals surface area contributed by atoms with Crippen molar-refractivity contribution in [3.8, 4) is 5.75 Å². The molecule has 0 spiro atoms. The lowest BCUT2D eigenvalue weighted by Crippen LogP contribution is -2.09. The molecule has 144 valence electrons. The fraction of sp³-hybridized carbons (Fsp3) is 0.190. The fourth-order valence-corrected chi connectivity index (χ4v) is 2.77. The molecule has 0 bridgehead atoms. The molecule has 7 heteroatoms. The third kappa shape index (κ3) is 4.03. The number of aromatic nitrogens is 1. The number of carboxylic acids is 1. The van der Waals surface area contributed by atoms with E-state index in [0.29, 0.717) is 34.6 Å². The quantitative estimate of drug-likeness (QED) is 0.591. The summed E-state index contributed by atoms with van der Waals surface area (Å²) in [5.41, 5.74) is 2.29. The number of carbonyl (C=O) groups excluding carboxylic acids is 1. The molecule has 3 rings (SSSR count). The first-order valence-corrected chi connectivity index (χ1v) is 8.86. The maximum Gasteiger partial charge on any atom is 0.341 e. The largest absolute Gasteiger partial charge is 0.494 e. The summed E-state index contributed by atoms with van der Waals surface area (Å²) in [6, 6.07) is 11.7. The lowest BCUT2D eigenvalue weighted by molar-refractivity contribution is 0.0526. The second-order valence-corrected chi connectivity index (χ2v) is 5.89. The smallest absolute Gasteiger partial charge is 0.341 e. The molecule has 0 saturated heterocycles. The molecule has 0 saturated carbocycles. The van der Waals surface area contributed by atoms with Crippen LogP contribution in [0.5, 0.6) is 5.75 Å². The molecule has 0 unspecified atom stereocenters. The first kappa shape index (κ1) is 19.2. The predicted molar refractivity (Wildman–Crippen MR) is 106 cm³/mol. The number of anilines is 2. The highest BCUT2D eigenvalue weighted by atomic mass is 16.5. The molecule has 0 aliphatic heterocycles. The van der Waals surface area contributed by atoms with Gasteiger partial charge in [0.2, 0.25) is 0 Å². The molecular formula is C21H20N2O5. The van der Waals surface area contributed by atoms with Gasteiger partial charge in [-0.1, -0.05) is 0 Å². The van der Waals surface area contributed by atoms with Crippen molar-refractivity contribution in [2.24, 2.45) is 0 Å². The van der Waals surface area contributed by atoms with Crippen LogP contribution in [0.4, 0.5) is 11.4 Å². The lowest BCUT2D eigenvalue weighted by atomic mass is 10.1. The number of hydrogen-bond acceptors (Lipinski definition) is 6. The van der Waals surface area contributed by atoms with E-state index in [-0.39, 0.29) is 17.7 Å².